The van der Waals surface area contributed by atoms with Crippen molar-refractivity contribution in [2.45, 2.75) is 57.5 Å². The molecule has 4 heteroatoms. The molecule has 2 fully saturated rings. The second-order valence-corrected chi connectivity index (χ2v) is 5.60. The van der Waals surface area contributed by atoms with E-state index in [0.717, 1.165) is 25.9 Å². The standard InChI is InChI=1S/C14H27N3O/c1-2-17-9-5-8-13(17)10-15-11-14(18)16-12-6-3-4-7-12/h12-13,15H,2-11H2,1H3,(H,16,18). The van der Waals surface area contributed by atoms with Crippen LogP contribution in [0, 0.1) is 0 Å². The Bertz CT molecular complexity index is 264. The number of nitrogens with one attached hydrogen (secondary N) is 2. The van der Waals surface area contributed by atoms with Gasteiger partial charge in [-0.3, -0.25) is 9.69 Å². The number of amides is 1. The highest BCUT2D eigenvalue weighted by Crippen LogP contribution is 2.17. The van der Waals surface area contributed by atoms with Crippen LogP contribution >= 0.6 is 0 Å². The van der Waals surface area contributed by atoms with Gasteiger partial charge in [-0.2, -0.15) is 0 Å². The van der Waals surface area contributed by atoms with Crippen molar-refractivity contribution in [2.75, 3.05) is 26.2 Å². The van der Waals surface area contributed by atoms with Crippen molar-refractivity contribution >= 4 is 5.91 Å². The van der Waals surface area contributed by atoms with E-state index >= 15 is 0 Å². The van der Waals surface area contributed by atoms with E-state index in [9.17, 15) is 4.79 Å². The lowest BCUT2D eigenvalue weighted by Gasteiger charge is -2.23. The smallest absolute Gasteiger partial charge is 0.234 e. The largest absolute Gasteiger partial charge is 0.352 e. The van der Waals surface area contributed by atoms with E-state index in [4.69, 9.17) is 0 Å². The Morgan fingerprint density at radius 1 is 1.22 bits per heavy atom. The maximum absolute atomic E-state index is 11.7. The van der Waals surface area contributed by atoms with Crippen molar-refractivity contribution < 1.29 is 4.79 Å². The first kappa shape index (κ1) is 13.8. The molecule has 1 aliphatic carbocycles. The summed E-state index contributed by atoms with van der Waals surface area (Å²) in [5, 5.41) is 6.43. The second-order valence-electron chi connectivity index (χ2n) is 5.60. The first-order valence-electron chi connectivity index (χ1n) is 7.53. The summed E-state index contributed by atoms with van der Waals surface area (Å²) in [6, 6.07) is 1.08. The molecule has 1 heterocycles. The Morgan fingerprint density at radius 2 is 2.00 bits per heavy atom. The first-order valence-corrected chi connectivity index (χ1v) is 7.53. The molecule has 1 saturated heterocycles. The van der Waals surface area contributed by atoms with Crippen molar-refractivity contribution in [3.05, 3.63) is 0 Å². The number of rotatable bonds is 6. The van der Waals surface area contributed by atoms with Crippen LogP contribution < -0.4 is 10.6 Å². The Hall–Kier alpha value is -0.610. The van der Waals surface area contributed by atoms with E-state index in [2.05, 4.69) is 22.5 Å². The van der Waals surface area contributed by atoms with Crippen LogP contribution in [0.1, 0.15) is 45.4 Å². The quantitative estimate of drug-likeness (QED) is 0.745. The predicted octanol–water partition coefficient (Wildman–Crippen LogP) is 1.12. The first-order chi connectivity index (χ1) is 8.79. The van der Waals surface area contributed by atoms with Gasteiger partial charge in [0.2, 0.25) is 5.91 Å². The van der Waals surface area contributed by atoms with Crippen molar-refractivity contribution in [1.82, 2.24) is 15.5 Å². The van der Waals surface area contributed by atoms with E-state index in [1.807, 2.05) is 0 Å². The number of hydrogen-bond acceptors (Lipinski definition) is 3. The van der Waals surface area contributed by atoms with E-state index in [0.29, 0.717) is 18.6 Å². The van der Waals surface area contributed by atoms with Gasteiger partial charge in [0.15, 0.2) is 0 Å². The fourth-order valence-corrected chi connectivity index (χ4v) is 3.24. The Kier molecular flexibility index (Phi) is 5.45. The van der Waals surface area contributed by atoms with Gasteiger partial charge in [-0.25, -0.2) is 0 Å². The van der Waals surface area contributed by atoms with Crippen molar-refractivity contribution in [3.63, 3.8) is 0 Å². The summed E-state index contributed by atoms with van der Waals surface area (Å²) in [5.74, 6) is 0.169. The molecular formula is C14H27N3O. The van der Waals surface area contributed by atoms with Crippen LogP contribution in [-0.2, 0) is 4.79 Å². The summed E-state index contributed by atoms with van der Waals surface area (Å²) in [7, 11) is 0. The summed E-state index contributed by atoms with van der Waals surface area (Å²) in [6.45, 7) is 5.99. The molecule has 1 atom stereocenters. The minimum Gasteiger partial charge on any atom is -0.352 e. The third kappa shape index (κ3) is 3.95. The Morgan fingerprint density at radius 3 is 2.72 bits per heavy atom. The van der Waals surface area contributed by atoms with Crippen LogP contribution in [-0.4, -0.2) is 49.1 Å². The van der Waals surface area contributed by atoms with E-state index in [1.165, 1.54) is 32.2 Å². The third-order valence-corrected chi connectivity index (χ3v) is 4.29. The molecule has 0 aromatic rings. The number of nitrogens with zero attached hydrogens (tertiary/aromatic N) is 1. The highest BCUT2D eigenvalue weighted by Gasteiger charge is 2.22. The molecule has 1 saturated carbocycles. The Balaban J connectivity index is 1.58. The summed E-state index contributed by atoms with van der Waals surface area (Å²) in [4.78, 5) is 14.2. The van der Waals surface area contributed by atoms with Crippen molar-refractivity contribution in [3.8, 4) is 0 Å². The summed E-state index contributed by atoms with van der Waals surface area (Å²) in [6.07, 6.45) is 7.44. The number of likely N-dealkylation sites (N-methyl/N-ethyl adjacent to an activating group) is 1. The fourth-order valence-electron chi connectivity index (χ4n) is 3.24. The molecule has 104 valence electrons. The topological polar surface area (TPSA) is 44.4 Å². The van der Waals surface area contributed by atoms with Crippen LogP contribution in [0.4, 0.5) is 0 Å². The van der Waals surface area contributed by atoms with Crippen LogP contribution in [0.2, 0.25) is 0 Å². The average molecular weight is 253 g/mol. The van der Waals surface area contributed by atoms with E-state index in [1.54, 1.807) is 0 Å². The van der Waals surface area contributed by atoms with Crippen molar-refractivity contribution in [2.24, 2.45) is 0 Å². The monoisotopic (exact) mass is 253 g/mol. The van der Waals surface area contributed by atoms with Gasteiger partial charge in [0, 0.05) is 18.6 Å². The van der Waals surface area contributed by atoms with Crippen LogP contribution in [0.25, 0.3) is 0 Å². The molecule has 18 heavy (non-hydrogen) atoms. The predicted molar refractivity (Wildman–Crippen MR) is 73.5 cm³/mol. The van der Waals surface area contributed by atoms with Crippen LogP contribution in [0.15, 0.2) is 0 Å². The maximum Gasteiger partial charge on any atom is 0.234 e. The molecule has 2 rings (SSSR count). The number of hydrogen-bond donors (Lipinski definition) is 2. The zero-order valence-electron chi connectivity index (χ0n) is 11.6. The highest BCUT2D eigenvalue weighted by molar-refractivity contribution is 5.78. The zero-order valence-corrected chi connectivity index (χ0v) is 11.6. The molecule has 0 aromatic carbocycles. The van der Waals surface area contributed by atoms with Gasteiger partial charge in [0.1, 0.15) is 0 Å². The van der Waals surface area contributed by atoms with Crippen LogP contribution in [0.5, 0.6) is 0 Å². The molecular weight excluding hydrogens is 226 g/mol. The summed E-state index contributed by atoms with van der Waals surface area (Å²) in [5.41, 5.74) is 0. The van der Waals surface area contributed by atoms with Gasteiger partial charge >= 0.3 is 0 Å². The molecule has 0 spiro atoms. The van der Waals surface area contributed by atoms with Gasteiger partial charge in [-0.1, -0.05) is 19.8 Å². The zero-order chi connectivity index (χ0) is 12.8. The molecule has 0 aromatic heterocycles. The third-order valence-electron chi connectivity index (χ3n) is 4.29. The molecule has 1 amide bonds. The lowest BCUT2D eigenvalue weighted by Crippen LogP contribution is -2.43. The summed E-state index contributed by atoms with van der Waals surface area (Å²) >= 11 is 0. The molecule has 0 radical (unpaired) electrons. The average Bonchev–Trinajstić information content (AvgIpc) is 3.00. The number of likely N-dealkylation sites (tertiary alicyclic amines) is 1. The lowest BCUT2D eigenvalue weighted by molar-refractivity contribution is -0.120. The van der Waals surface area contributed by atoms with Gasteiger partial charge < -0.3 is 10.6 Å². The van der Waals surface area contributed by atoms with Gasteiger partial charge in [-0.15, -0.1) is 0 Å². The SMILES string of the molecule is CCN1CCCC1CNCC(=O)NC1CCCC1. The van der Waals surface area contributed by atoms with E-state index < -0.39 is 0 Å². The second kappa shape index (κ2) is 7.10. The molecule has 2 aliphatic rings. The number of carbonyl (C=O) groups is 1. The van der Waals surface area contributed by atoms with Crippen molar-refractivity contribution in [1.29, 1.82) is 0 Å². The normalized spacial score (nSPS) is 25.7. The minimum atomic E-state index is 0.169. The molecule has 4 nitrogen and oxygen atoms in total. The molecule has 1 aliphatic heterocycles. The molecule has 0 bridgehead atoms. The van der Waals surface area contributed by atoms with E-state index in [-0.39, 0.29) is 5.91 Å². The van der Waals surface area contributed by atoms with Gasteiger partial charge in [0.25, 0.3) is 0 Å². The minimum absolute atomic E-state index is 0.169. The van der Waals surface area contributed by atoms with Gasteiger partial charge in [0.05, 0.1) is 6.54 Å². The summed E-state index contributed by atoms with van der Waals surface area (Å²) < 4.78 is 0. The molecule has 2 N–H and O–H groups in total. The maximum atomic E-state index is 11.7. The highest BCUT2D eigenvalue weighted by atomic mass is 16.1. The van der Waals surface area contributed by atoms with Crippen LogP contribution in [0.3, 0.4) is 0 Å². The Labute approximate surface area is 110 Å². The fraction of sp³-hybridized carbons (Fsp3) is 0.929. The number of carbonyl (C=O) groups excluding carboxylic acids is 1. The lowest BCUT2D eigenvalue weighted by atomic mass is 10.2. The molecule has 1 unspecified atom stereocenters. The van der Waals surface area contributed by atoms with Gasteiger partial charge in [-0.05, 0) is 38.8 Å².